The van der Waals surface area contributed by atoms with Crippen LogP contribution in [0.2, 0.25) is 0 Å². The minimum absolute atomic E-state index is 0.674. The van der Waals surface area contributed by atoms with Crippen molar-refractivity contribution in [2.75, 3.05) is 6.54 Å². The van der Waals surface area contributed by atoms with Gasteiger partial charge in [0.2, 0.25) is 11.7 Å². The monoisotopic (exact) mass is 245 g/mol. The zero-order valence-electron chi connectivity index (χ0n) is 10.5. The summed E-state index contributed by atoms with van der Waals surface area (Å²) in [7, 11) is 0. The zero-order valence-corrected chi connectivity index (χ0v) is 10.5. The molecule has 0 atom stereocenters. The number of hydrogen-bond donors (Lipinski definition) is 1. The third-order valence-electron chi connectivity index (χ3n) is 2.84. The highest BCUT2D eigenvalue weighted by atomic mass is 16.5. The molecule has 0 aliphatic rings. The Balaban J connectivity index is 1.83. The molecule has 1 aromatic heterocycles. The van der Waals surface area contributed by atoms with E-state index in [1.807, 2.05) is 30.3 Å². The Labute approximate surface area is 107 Å². The minimum Gasteiger partial charge on any atom is -0.339 e. The number of nitrogens with zero attached hydrogens (tertiary/aromatic N) is 2. The molecule has 0 fully saturated rings. The topological polar surface area (TPSA) is 64.9 Å². The normalized spacial score (nSPS) is 10.7. The molecule has 1 aromatic carbocycles. The van der Waals surface area contributed by atoms with Crippen LogP contribution in [-0.4, -0.2) is 16.7 Å². The third kappa shape index (κ3) is 3.67. The molecule has 1 heterocycles. The van der Waals surface area contributed by atoms with Crippen molar-refractivity contribution in [2.45, 2.75) is 32.1 Å². The highest BCUT2D eigenvalue weighted by molar-refractivity contribution is 5.53. The molecule has 0 aliphatic heterocycles. The Morgan fingerprint density at radius 1 is 1.00 bits per heavy atom. The van der Waals surface area contributed by atoms with Crippen molar-refractivity contribution >= 4 is 0 Å². The van der Waals surface area contributed by atoms with E-state index in [9.17, 15) is 0 Å². The molecule has 0 bridgehead atoms. The highest BCUT2D eigenvalue weighted by Gasteiger charge is 2.07. The van der Waals surface area contributed by atoms with Crippen molar-refractivity contribution in [3.05, 3.63) is 36.2 Å². The molecule has 0 radical (unpaired) electrons. The second-order valence-electron chi connectivity index (χ2n) is 4.33. The van der Waals surface area contributed by atoms with Crippen LogP contribution in [0.25, 0.3) is 11.4 Å². The minimum atomic E-state index is 0.674. The van der Waals surface area contributed by atoms with Crippen molar-refractivity contribution in [1.82, 2.24) is 10.1 Å². The number of rotatable bonds is 7. The van der Waals surface area contributed by atoms with E-state index in [0.29, 0.717) is 5.82 Å². The highest BCUT2D eigenvalue weighted by Crippen LogP contribution is 2.15. The molecule has 0 spiro atoms. The lowest BCUT2D eigenvalue weighted by Crippen LogP contribution is -1.97. The van der Waals surface area contributed by atoms with Crippen LogP contribution >= 0.6 is 0 Å². The van der Waals surface area contributed by atoms with Gasteiger partial charge in [0.25, 0.3) is 0 Å². The summed E-state index contributed by atoms with van der Waals surface area (Å²) in [4.78, 5) is 4.40. The van der Waals surface area contributed by atoms with E-state index in [4.69, 9.17) is 10.3 Å². The molecule has 0 saturated carbocycles. The van der Waals surface area contributed by atoms with E-state index in [-0.39, 0.29) is 0 Å². The largest absolute Gasteiger partial charge is 0.339 e. The van der Waals surface area contributed by atoms with Crippen LogP contribution in [0.5, 0.6) is 0 Å². The van der Waals surface area contributed by atoms with Gasteiger partial charge in [-0.25, -0.2) is 0 Å². The van der Waals surface area contributed by atoms with E-state index in [1.165, 1.54) is 12.8 Å². The number of benzene rings is 1. The molecule has 4 nitrogen and oxygen atoms in total. The summed E-state index contributed by atoms with van der Waals surface area (Å²) in [5.41, 5.74) is 6.44. The fraction of sp³-hybridized carbons (Fsp3) is 0.429. The van der Waals surface area contributed by atoms with Gasteiger partial charge in [-0.3, -0.25) is 0 Å². The number of aromatic nitrogens is 2. The number of unbranched alkanes of at least 4 members (excludes halogenated alkanes) is 3. The first-order chi connectivity index (χ1) is 8.90. The Kier molecular flexibility index (Phi) is 4.90. The van der Waals surface area contributed by atoms with Crippen LogP contribution in [0.4, 0.5) is 0 Å². The summed E-state index contributed by atoms with van der Waals surface area (Å²) in [6.07, 6.45) is 5.37. The molecule has 2 aromatic rings. The van der Waals surface area contributed by atoms with Gasteiger partial charge in [-0.1, -0.05) is 48.3 Å². The van der Waals surface area contributed by atoms with Gasteiger partial charge < -0.3 is 10.3 Å². The molecule has 2 rings (SSSR count). The van der Waals surface area contributed by atoms with Crippen LogP contribution in [0.15, 0.2) is 34.9 Å². The predicted molar refractivity (Wildman–Crippen MR) is 71.0 cm³/mol. The lowest BCUT2D eigenvalue weighted by molar-refractivity contribution is 0.374. The van der Waals surface area contributed by atoms with Crippen LogP contribution < -0.4 is 5.73 Å². The average Bonchev–Trinajstić information content (AvgIpc) is 2.88. The van der Waals surface area contributed by atoms with E-state index in [0.717, 1.165) is 37.3 Å². The molecule has 2 N–H and O–H groups in total. The first kappa shape index (κ1) is 12.8. The molecule has 0 aliphatic carbocycles. The molecular formula is C14H19N3O. The van der Waals surface area contributed by atoms with Gasteiger partial charge in [-0.05, 0) is 19.4 Å². The average molecular weight is 245 g/mol. The maximum Gasteiger partial charge on any atom is 0.226 e. The lowest BCUT2D eigenvalue weighted by atomic mass is 10.1. The van der Waals surface area contributed by atoms with Gasteiger partial charge >= 0.3 is 0 Å². The summed E-state index contributed by atoms with van der Waals surface area (Å²) >= 11 is 0. The van der Waals surface area contributed by atoms with E-state index in [1.54, 1.807) is 0 Å². The van der Waals surface area contributed by atoms with Crippen LogP contribution in [0.1, 0.15) is 31.6 Å². The Morgan fingerprint density at radius 3 is 2.56 bits per heavy atom. The van der Waals surface area contributed by atoms with Crippen molar-refractivity contribution < 1.29 is 4.52 Å². The van der Waals surface area contributed by atoms with E-state index < -0.39 is 0 Å². The predicted octanol–water partition coefficient (Wildman–Crippen LogP) is 2.80. The van der Waals surface area contributed by atoms with Crippen LogP contribution in [0, 0.1) is 0 Å². The van der Waals surface area contributed by atoms with Gasteiger partial charge in [0, 0.05) is 12.0 Å². The van der Waals surface area contributed by atoms with Gasteiger partial charge in [0.1, 0.15) is 0 Å². The SMILES string of the molecule is NCCCCCCc1nc(-c2ccccc2)no1. The molecule has 18 heavy (non-hydrogen) atoms. The van der Waals surface area contributed by atoms with Crippen molar-refractivity contribution in [2.24, 2.45) is 5.73 Å². The zero-order chi connectivity index (χ0) is 12.6. The molecule has 0 saturated heterocycles. The second kappa shape index (κ2) is 6.91. The van der Waals surface area contributed by atoms with Crippen molar-refractivity contribution in [1.29, 1.82) is 0 Å². The quantitative estimate of drug-likeness (QED) is 0.762. The maximum atomic E-state index is 5.45. The fourth-order valence-corrected chi connectivity index (χ4v) is 1.84. The van der Waals surface area contributed by atoms with Gasteiger partial charge in [0.15, 0.2) is 0 Å². The first-order valence-electron chi connectivity index (χ1n) is 6.48. The summed E-state index contributed by atoms with van der Waals surface area (Å²) in [5.74, 6) is 1.40. The summed E-state index contributed by atoms with van der Waals surface area (Å²) in [6, 6.07) is 9.88. The van der Waals surface area contributed by atoms with E-state index >= 15 is 0 Å². The smallest absolute Gasteiger partial charge is 0.226 e. The van der Waals surface area contributed by atoms with Crippen LogP contribution in [-0.2, 0) is 6.42 Å². The van der Waals surface area contributed by atoms with E-state index in [2.05, 4.69) is 10.1 Å². The summed E-state index contributed by atoms with van der Waals surface area (Å²) in [5, 5.41) is 4.00. The standard InChI is InChI=1S/C14H19N3O/c15-11-7-2-1-6-10-13-16-14(17-18-13)12-8-4-3-5-9-12/h3-5,8-9H,1-2,6-7,10-11,15H2. The van der Waals surface area contributed by atoms with Crippen molar-refractivity contribution in [3.8, 4) is 11.4 Å². The van der Waals surface area contributed by atoms with Crippen molar-refractivity contribution in [3.63, 3.8) is 0 Å². The van der Waals surface area contributed by atoms with Gasteiger partial charge in [-0.15, -0.1) is 0 Å². The summed E-state index contributed by atoms with van der Waals surface area (Å²) in [6.45, 7) is 0.777. The molecule has 0 unspecified atom stereocenters. The number of aryl methyl sites for hydroxylation is 1. The summed E-state index contributed by atoms with van der Waals surface area (Å²) < 4.78 is 5.24. The third-order valence-corrected chi connectivity index (χ3v) is 2.84. The Bertz CT molecular complexity index is 453. The molecule has 0 amide bonds. The first-order valence-corrected chi connectivity index (χ1v) is 6.48. The maximum absolute atomic E-state index is 5.45. The Hall–Kier alpha value is -1.68. The van der Waals surface area contributed by atoms with Gasteiger partial charge in [-0.2, -0.15) is 4.98 Å². The second-order valence-corrected chi connectivity index (χ2v) is 4.33. The lowest BCUT2D eigenvalue weighted by Gasteiger charge is -1.96. The van der Waals surface area contributed by atoms with Crippen LogP contribution in [0.3, 0.4) is 0 Å². The number of nitrogens with two attached hydrogens (primary N) is 1. The number of hydrogen-bond acceptors (Lipinski definition) is 4. The molecule has 96 valence electrons. The fourth-order valence-electron chi connectivity index (χ4n) is 1.84. The Morgan fingerprint density at radius 2 is 1.78 bits per heavy atom. The molecule has 4 heteroatoms. The van der Waals surface area contributed by atoms with Gasteiger partial charge in [0.05, 0.1) is 0 Å². The molecular weight excluding hydrogens is 226 g/mol.